The van der Waals surface area contributed by atoms with Gasteiger partial charge in [0.15, 0.2) is 17.3 Å². The average molecular weight is 366 g/mol. The molecule has 140 valence electrons. The van der Waals surface area contributed by atoms with Crippen LogP contribution in [-0.4, -0.2) is 33.9 Å². The first kappa shape index (κ1) is 18.4. The number of nitrogens with one attached hydrogen (secondary N) is 1. The Hall–Kier alpha value is -3.35. The molecule has 27 heavy (non-hydrogen) atoms. The summed E-state index contributed by atoms with van der Waals surface area (Å²) in [6.45, 7) is 4.81. The van der Waals surface area contributed by atoms with E-state index in [9.17, 15) is 4.79 Å². The van der Waals surface area contributed by atoms with Gasteiger partial charge in [-0.05, 0) is 44.2 Å². The minimum atomic E-state index is -0.228. The maximum atomic E-state index is 12.7. The van der Waals surface area contributed by atoms with E-state index in [-0.39, 0.29) is 5.91 Å². The molecule has 0 fully saturated rings. The van der Waals surface area contributed by atoms with Crippen LogP contribution in [0.5, 0.6) is 11.5 Å². The highest BCUT2D eigenvalue weighted by atomic mass is 16.5. The van der Waals surface area contributed by atoms with Crippen molar-refractivity contribution >= 4 is 11.6 Å². The molecule has 3 aromatic rings. The number of nitrogens with zero attached hydrogens (tertiary/aromatic N) is 3. The molecule has 0 radical (unpaired) electrons. The highest BCUT2D eigenvalue weighted by Gasteiger charge is 2.13. The van der Waals surface area contributed by atoms with Gasteiger partial charge in [-0.3, -0.25) is 4.79 Å². The summed E-state index contributed by atoms with van der Waals surface area (Å²) < 4.78 is 12.9. The summed E-state index contributed by atoms with van der Waals surface area (Å²) in [4.78, 5) is 12.7. The lowest BCUT2D eigenvalue weighted by atomic mass is 10.1. The first-order valence-electron chi connectivity index (χ1n) is 8.77. The molecule has 2 aromatic carbocycles. The van der Waals surface area contributed by atoms with Gasteiger partial charge in [-0.25, -0.2) is 0 Å². The number of benzene rings is 2. The Morgan fingerprint density at radius 1 is 1.07 bits per heavy atom. The Morgan fingerprint density at radius 2 is 1.85 bits per heavy atom. The number of ether oxygens (including phenoxy) is 2. The van der Waals surface area contributed by atoms with E-state index in [1.54, 1.807) is 24.5 Å². The molecule has 0 unspecified atom stereocenters. The molecule has 1 heterocycles. The smallest absolute Gasteiger partial charge is 0.255 e. The van der Waals surface area contributed by atoms with Crippen LogP contribution in [0.1, 0.15) is 24.2 Å². The molecule has 1 amide bonds. The van der Waals surface area contributed by atoms with Crippen LogP contribution in [0.15, 0.2) is 48.8 Å². The molecule has 1 N–H and O–H groups in total. The van der Waals surface area contributed by atoms with Crippen LogP contribution in [0.2, 0.25) is 0 Å². The van der Waals surface area contributed by atoms with Gasteiger partial charge in [-0.1, -0.05) is 12.1 Å². The summed E-state index contributed by atoms with van der Waals surface area (Å²) in [6.07, 6.45) is 1.63. The zero-order chi connectivity index (χ0) is 19.2. The normalized spacial score (nSPS) is 10.5. The molecule has 0 saturated carbocycles. The second-order valence-corrected chi connectivity index (χ2v) is 5.83. The first-order valence-corrected chi connectivity index (χ1v) is 8.77. The fraction of sp³-hybridized carbons (Fsp3) is 0.250. The van der Waals surface area contributed by atoms with Gasteiger partial charge < -0.3 is 19.4 Å². The van der Waals surface area contributed by atoms with Gasteiger partial charge >= 0.3 is 0 Å². The molecule has 0 bridgehead atoms. The number of anilines is 1. The Labute approximate surface area is 158 Å². The van der Waals surface area contributed by atoms with Crippen molar-refractivity contribution in [3.05, 3.63) is 54.4 Å². The predicted molar refractivity (Wildman–Crippen MR) is 103 cm³/mol. The van der Waals surface area contributed by atoms with Crippen LogP contribution in [0, 0.1) is 0 Å². The quantitative estimate of drug-likeness (QED) is 0.692. The number of amides is 1. The lowest BCUT2D eigenvalue weighted by molar-refractivity contribution is 0.102. The summed E-state index contributed by atoms with van der Waals surface area (Å²) >= 11 is 0. The van der Waals surface area contributed by atoms with E-state index in [1.165, 1.54) is 0 Å². The first-order chi connectivity index (χ1) is 13.1. The number of aryl methyl sites for hydroxylation is 1. The standard InChI is InChI=1S/C20H22N4O3/c1-4-26-17-10-9-15(12-18(17)27-5-2)20(25)22-16-8-6-7-14(11-16)19-23-21-13-24(19)3/h6-13H,4-5H2,1-3H3,(H,22,25). The maximum Gasteiger partial charge on any atom is 0.255 e. The van der Waals surface area contributed by atoms with Crippen molar-refractivity contribution in [1.82, 2.24) is 14.8 Å². The van der Waals surface area contributed by atoms with Crippen LogP contribution in [0.4, 0.5) is 5.69 Å². The van der Waals surface area contributed by atoms with E-state index < -0.39 is 0 Å². The van der Waals surface area contributed by atoms with Crippen LogP contribution in [0.3, 0.4) is 0 Å². The van der Waals surface area contributed by atoms with Gasteiger partial charge in [-0.15, -0.1) is 10.2 Å². The van der Waals surface area contributed by atoms with E-state index in [1.807, 2.05) is 49.7 Å². The van der Waals surface area contributed by atoms with E-state index in [0.717, 1.165) is 11.4 Å². The van der Waals surface area contributed by atoms with E-state index in [2.05, 4.69) is 15.5 Å². The molecule has 0 aliphatic rings. The van der Waals surface area contributed by atoms with Crippen LogP contribution >= 0.6 is 0 Å². The molecule has 1 aromatic heterocycles. The van der Waals surface area contributed by atoms with E-state index in [0.29, 0.717) is 36.0 Å². The van der Waals surface area contributed by atoms with Gasteiger partial charge in [0.05, 0.1) is 13.2 Å². The van der Waals surface area contributed by atoms with Gasteiger partial charge in [-0.2, -0.15) is 0 Å². The highest BCUT2D eigenvalue weighted by Crippen LogP contribution is 2.29. The van der Waals surface area contributed by atoms with Crippen LogP contribution < -0.4 is 14.8 Å². The summed E-state index contributed by atoms with van der Waals surface area (Å²) in [6, 6.07) is 12.6. The number of carbonyl (C=O) groups excluding carboxylic acids is 1. The fourth-order valence-corrected chi connectivity index (χ4v) is 2.68. The summed E-state index contributed by atoms with van der Waals surface area (Å²) in [5, 5.41) is 10.9. The third kappa shape index (κ3) is 4.25. The second-order valence-electron chi connectivity index (χ2n) is 5.83. The van der Waals surface area contributed by atoms with Crippen molar-refractivity contribution in [2.24, 2.45) is 7.05 Å². The number of hydrogen-bond donors (Lipinski definition) is 1. The zero-order valence-electron chi connectivity index (χ0n) is 15.6. The van der Waals surface area contributed by atoms with Gasteiger partial charge in [0.2, 0.25) is 0 Å². The Morgan fingerprint density at radius 3 is 2.56 bits per heavy atom. The monoisotopic (exact) mass is 366 g/mol. The van der Waals surface area contributed by atoms with Crippen LogP contribution in [0.25, 0.3) is 11.4 Å². The molecule has 7 nitrogen and oxygen atoms in total. The van der Waals surface area contributed by atoms with E-state index >= 15 is 0 Å². The number of rotatable bonds is 7. The molecule has 0 saturated heterocycles. The molecule has 0 aliphatic heterocycles. The predicted octanol–water partition coefficient (Wildman–Crippen LogP) is 3.53. The number of aromatic nitrogens is 3. The largest absolute Gasteiger partial charge is 0.490 e. The summed E-state index contributed by atoms with van der Waals surface area (Å²) in [5.74, 6) is 1.68. The molecule has 7 heteroatoms. The highest BCUT2D eigenvalue weighted by molar-refractivity contribution is 6.04. The third-order valence-corrected chi connectivity index (χ3v) is 3.90. The average Bonchev–Trinajstić information content (AvgIpc) is 3.10. The van der Waals surface area contributed by atoms with Gasteiger partial charge in [0, 0.05) is 23.9 Å². The van der Waals surface area contributed by atoms with Crippen molar-refractivity contribution in [2.75, 3.05) is 18.5 Å². The maximum absolute atomic E-state index is 12.7. The van der Waals surface area contributed by atoms with Gasteiger partial charge in [0.25, 0.3) is 5.91 Å². The number of hydrogen-bond acceptors (Lipinski definition) is 5. The third-order valence-electron chi connectivity index (χ3n) is 3.90. The Kier molecular flexibility index (Phi) is 5.71. The summed E-state index contributed by atoms with van der Waals surface area (Å²) in [7, 11) is 1.87. The van der Waals surface area contributed by atoms with Crippen molar-refractivity contribution in [3.8, 4) is 22.9 Å². The summed E-state index contributed by atoms with van der Waals surface area (Å²) in [5.41, 5.74) is 2.04. The van der Waals surface area contributed by atoms with Crippen molar-refractivity contribution in [3.63, 3.8) is 0 Å². The minimum Gasteiger partial charge on any atom is -0.490 e. The Bertz CT molecular complexity index is 936. The topological polar surface area (TPSA) is 78.3 Å². The van der Waals surface area contributed by atoms with Crippen molar-refractivity contribution in [1.29, 1.82) is 0 Å². The SMILES string of the molecule is CCOc1ccc(C(=O)Nc2cccc(-c3nncn3C)c2)cc1OCC. The second kappa shape index (κ2) is 8.35. The fourth-order valence-electron chi connectivity index (χ4n) is 2.68. The lowest BCUT2D eigenvalue weighted by Crippen LogP contribution is -2.12. The number of carbonyl (C=O) groups is 1. The Balaban J connectivity index is 1.81. The van der Waals surface area contributed by atoms with Crippen LogP contribution in [-0.2, 0) is 7.05 Å². The molecule has 0 spiro atoms. The zero-order valence-corrected chi connectivity index (χ0v) is 15.6. The lowest BCUT2D eigenvalue weighted by Gasteiger charge is -2.13. The minimum absolute atomic E-state index is 0.228. The van der Waals surface area contributed by atoms with Gasteiger partial charge in [0.1, 0.15) is 6.33 Å². The molecule has 0 aliphatic carbocycles. The van der Waals surface area contributed by atoms with E-state index in [4.69, 9.17) is 9.47 Å². The molecule has 3 rings (SSSR count). The molecular formula is C20H22N4O3. The van der Waals surface area contributed by atoms with Crippen molar-refractivity contribution in [2.45, 2.75) is 13.8 Å². The molecular weight excluding hydrogens is 344 g/mol. The molecule has 0 atom stereocenters. The van der Waals surface area contributed by atoms with Crippen molar-refractivity contribution < 1.29 is 14.3 Å².